The van der Waals surface area contributed by atoms with E-state index in [0.29, 0.717) is 12.1 Å². The lowest BCUT2D eigenvalue weighted by molar-refractivity contribution is 0.414. The molecule has 1 aliphatic carbocycles. The summed E-state index contributed by atoms with van der Waals surface area (Å²) in [7, 11) is 0. The Bertz CT molecular complexity index is 183. The fourth-order valence-electron chi connectivity index (χ4n) is 0.594. The van der Waals surface area contributed by atoms with E-state index < -0.39 is 5.83 Å². The molecule has 0 aromatic rings. The van der Waals surface area contributed by atoms with Gasteiger partial charge in [-0.2, -0.15) is 0 Å². The van der Waals surface area contributed by atoms with Gasteiger partial charge in [-0.15, -0.1) is 0 Å². The minimum absolute atomic E-state index is 0.157. The Labute approximate surface area is 52.5 Å². The summed E-state index contributed by atoms with van der Waals surface area (Å²) in [6.07, 6.45) is 2.61. The highest BCUT2D eigenvalue weighted by Crippen LogP contribution is 2.18. The van der Waals surface area contributed by atoms with Crippen LogP contribution in [0.5, 0.6) is 0 Å². The van der Waals surface area contributed by atoms with E-state index in [1.807, 2.05) is 0 Å². The predicted octanol–water partition coefficient (Wildman–Crippen LogP) is 1.18. The fraction of sp³-hybridized carbons (Fsp3) is 0.167. The lowest BCUT2D eigenvalue weighted by Gasteiger charge is -2.06. The summed E-state index contributed by atoms with van der Waals surface area (Å²) in [4.78, 5) is 0. The van der Waals surface area contributed by atoms with E-state index in [1.54, 1.807) is 0 Å². The Morgan fingerprint density at radius 2 is 2.33 bits per heavy atom. The van der Waals surface area contributed by atoms with Crippen LogP contribution in [-0.4, -0.2) is 5.11 Å². The van der Waals surface area contributed by atoms with Gasteiger partial charge in [-0.1, -0.05) is 0 Å². The smallest absolute Gasteiger partial charge is 0.136 e. The number of aliphatic hydroxyl groups is 1. The van der Waals surface area contributed by atoms with E-state index in [4.69, 9.17) is 10.8 Å². The van der Waals surface area contributed by atoms with Gasteiger partial charge in [0, 0.05) is 18.9 Å². The maximum Gasteiger partial charge on any atom is 0.136 e. The van der Waals surface area contributed by atoms with Gasteiger partial charge in [-0.05, 0) is 0 Å². The van der Waals surface area contributed by atoms with Crippen molar-refractivity contribution in [3.05, 3.63) is 29.8 Å². The zero-order chi connectivity index (χ0) is 6.85. The molecule has 3 N–H and O–H groups in total. The lowest BCUT2D eigenvalue weighted by atomic mass is 10.1. The first kappa shape index (κ1) is 6.13. The van der Waals surface area contributed by atoms with E-state index >= 15 is 0 Å². The van der Waals surface area contributed by atoms with Crippen molar-refractivity contribution in [3.8, 4) is 0 Å². The second kappa shape index (κ2) is 2.09. The van der Waals surface area contributed by atoms with Crippen LogP contribution >= 0.6 is 0 Å². The second-order valence-corrected chi connectivity index (χ2v) is 1.85. The highest BCUT2D eigenvalue weighted by atomic mass is 19.1. The predicted molar refractivity (Wildman–Crippen MR) is 32.0 cm³/mol. The molecule has 0 saturated heterocycles. The normalized spacial score (nSPS) is 19.9. The van der Waals surface area contributed by atoms with Crippen molar-refractivity contribution in [2.45, 2.75) is 6.42 Å². The van der Waals surface area contributed by atoms with Crippen LogP contribution in [0.1, 0.15) is 6.42 Å². The van der Waals surface area contributed by atoms with Gasteiger partial charge >= 0.3 is 0 Å². The number of rotatable bonds is 0. The number of nitrogens with two attached hydrogens (primary N) is 1. The molecule has 1 rings (SSSR count). The van der Waals surface area contributed by atoms with Crippen LogP contribution in [0.25, 0.3) is 0 Å². The zero-order valence-corrected chi connectivity index (χ0v) is 4.76. The average Bonchev–Trinajstić information content (AvgIpc) is 1.80. The largest absolute Gasteiger partial charge is 0.506 e. The summed E-state index contributed by atoms with van der Waals surface area (Å²) >= 11 is 0. The first-order chi connectivity index (χ1) is 4.20. The van der Waals surface area contributed by atoms with Crippen molar-refractivity contribution in [2.75, 3.05) is 0 Å². The highest BCUT2D eigenvalue weighted by molar-refractivity contribution is 5.29. The molecule has 3 heteroatoms. The van der Waals surface area contributed by atoms with E-state index in [0.717, 1.165) is 6.08 Å². The summed E-state index contributed by atoms with van der Waals surface area (Å²) in [5.74, 6) is -0.586. The molecule has 0 amide bonds. The first-order valence-electron chi connectivity index (χ1n) is 2.58. The molecule has 0 aromatic heterocycles. The van der Waals surface area contributed by atoms with Gasteiger partial charge < -0.3 is 10.8 Å². The number of hydrogen-bond acceptors (Lipinski definition) is 2. The van der Waals surface area contributed by atoms with E-state index in [9.17, 15) is 4.39 Å². The van der Waals surface area contributed by atoms with Crippen molar-refractivity contribution < 1.29 is 9.50 Å². The standard InChI is InChI=1S/C6H7FNO/c7-4-1-2-5(8)6(9)3-4/h1,3,9H,2,8H2. The molecule has 0 bridgehead atoms. The molecule has 0 unspecified atom stereocenters. The van der Waals surface area contributed by atoms with Crippen LogP contribution in [0.3, 0.4) is 0 Å². The molecule has 49 valence electrons. The Morgan fingerprint density at radius 1 is 1.67 bits per heavy atom. The molecule has 2 nitrogen and oxygen atoms in total. The summed E-state index contributed by atoms with van der Waals surface area (Å²) in [6.45, 7) is 0. The van der Waals surface area contributed by atoms with Crippen LogP contribution in [0.2, 0.25) is 0 Å². The van der Waals surface area contributed by atoms with E-state index in [1.165, 1.54) is 6.42 Å². The third-order valence-electron chi connectivity index (χ3n) is 1.12. The van der Waals surface area contributed by atoms with Crippen LogP contribution < -0.4 is 5.73 Å². The molecule has 0 heterocycles. The molecular formula is C6H7FNO. The van der Waals surface area contributed by atoms with Crippen molar-refractivity contribution in [1.29, 1.82) is 0 Å². The molecular weight excluding hydrogens is 121 g/mol. The fourth-order valence-corrected chi connectivity index (χ4v) is 0.594. The van der Waals surface area contributed by atoms with Crippen LogP contribution in [-0.2, 0) is 0 Å². The maximum atomic E-state index is 12.2. The molecule has 0 aromatic carbocycles. The minimum Gasteiger partial charge on any atom is -0.506 e. The summed E-state index contributed by atoms with van der Waals surface area (Å²) in [6, 6.07) is 0. The zero-order valence-electron chi connectivity index (χ0n) is 4.76. The van der Waals surface area contributed by atoms with Crippen LogP contribution in [0.15, 0.2) is 23.4 Å². The van der Waals surface area contributed by atoms with Crippen molar-refractivity contribution in [2.24, 2.45) is 5.73 Å². The molecule has 0 spiro atoms. The molecule has 1 aliphatic rings. The van der Waals surface area contributed by atoms with Gasteiger partial charge in [0.2, 0.25) is 0 Å². The van der Waals surface area contributed by atoms with Gasteiger partial charge in [0.1, 0.15) is 11.6 Å². The number of aliphatic hydroxyl groups excluding tert-OH is 1. The van der Waals surface area contributed by atoms with Crippen molar-refractivity contribution in [1.82, 2.24) is 0 Å². The average molecular weight is 128 g/mol. The van der Waals surface area contributed by atoms with Gasteiger partial charge in [-0.3, -0.25) is 0 Å². The highest BCUT2D eigenvalue weighted by Gasteiger charge is 2.08. The van der Waals surface area contributed by atoms with Gasteiger partial charge in [0.15, 0.2) is 0 Å². The Balaban J connectivity index is 2.83. The first-order valence-corrected chi connectivity index (χ1v) is 2.58. The molecule has 9 heavy (non-hydrogen) atoms. The molecule has 0 atom stereocenters. The van der Waals surface area contributed by atoms with Crippen LogP contribution in [0, 0.1) is 6.42 Å². The quantitative estimate of drug-likeness (QED) is 0.514. The Morgan fingerprint density at radius 3 is 2.78 bits per heavy atom. The van der Waals surface area contributed by atoms with Gasteiger partial charge in [-0.25, -0.2) is 4.39 Å². The summed E-state index contributed by atoms with van der Waals surface area (Å²) < 4.78 is 12.2. The summed E-state index contributed by atoms with van der Waals surface area (Å²) in [5, 5.41) is 8.77. The Kier molecular flexibility index (Phi) is 1.42. The third-order valence-corrected chi connectivity index (χ3v) is 1.12. The topological polar surface area (TPSA) is 46.2 Å². The maximum absolute atomic E-state index is 12.2. The number of halogens is 1. The monoisotopic (exact) mass is 128 g/mol. The third kappa shape index (κ3) is 1.22. The number of hydrogen-bond donors (Lipinski definition) is 2. The Hall–Kier alpha value is -0.990. The number of allylic oxidation sites excluding steroid dienone is 3. The van der Waals surface area contributed by atoms with Crippen molar-refractivity contribution in [3.63, 3.8) is 0 Å². The molecule has 0 aliphatic heterocycles. The van der Waals surface area contributed by atoms with E-state index in [2.05, 4.69) is 0 Å². The van der Waals surface area contributed by atoms with Crippen LogP contribution in [0.4, 0.5) is 4.39 Å². The van der Waals surface area contributed by atoms with Gasteiger partial charge in [0.25, 0.3) is 0 Å². The second-order valence-electron chi connectivity index (χ2n) is 1.85. The molecule has 0 fully saturated rings. The SMILES string of the molecule is NC1=C(O)C=C(F)[CH]C1. The van der Waals surface area contributed by atoms with E-state index in [-0.39, 0.29) is 5.76 Å². The van der Waals surface area contributed by atoms with Crippen molar-refractivity contribution >= 4 is 0 Å². The molecule has 0 saturated carbocycles. The van der Waals surface area contributed by atoms with Gasteiger partial charge in [0.05, 0.1) is 5.70 Å². The summed E-state index contributed by atoms with van der Waals surface area (Å²) in [5.41, 5.74) is 5.54. The lowest BCUT2D eigenvalue weighted by Crippen LogP contribution is -2.05. The minimum atomic E-state index is -0.429. The molecule has 1 radical (unpaired) electrons.